The third-order valence-corrected chi connectivity index (χ3v) is 14.1. The minimum absolute atomic E-state index is 0.458. The first-order valence-corrected chi connectivity index (χ1v) is 25.3. The van der Waals surface area contributed by atoms with Gasteiger partial charge in [-0.2, -0.15) is 0 Å². The maximum Gasteiger partial charge on any atom is 0.136 e. The molecule has 0 radical (unpaired) electrons. The number of benzene rings is 16. The highest BCUT2D eigenvalue weighted by molar-refractivity contribution is 6.29. The molecule has 0 fully saturated rings. The first-order chi connectivity index (χ1) is 64.3. The quantitative estimate of drug-likeness (QED) is 0.155. The molecular weight excluding hydrogens is 1040 g/mol. The van der Waals surface area contributed by atoms with Crippen LogP contribution < -0.4 is 0 Å². The van der Waals surface area contributed by atoms with Crippen molar-refractivity contribution >= 4 is 109 Å². The smallest absolute Gasteiger partial charge is 0.136 e. The van der Waals surface area contributed by atoms with Crippen LogP contribution >= 0.6 is 0 Å². The summed E-state index contributed by atoms with van der Waals surface area (Å²) in [5.41, 5.74) is -11.3. The standard InChI is InChI=1S/C46H28O.C38H24O/c1-2-15-30-29(13-1)14-11-23-31(30)34-27-28-39(33-17-4-3-16-32(33)34)44-35-18-5-7-20-37(35)45(38-21-8-6-19-36(38)44)41-24-12-26-43-46(41)40-22-9-10-25-42(40)47-43;1-2-13-25(14-3-1)26-15-4-5-16-27(26)36-28-17-6-8-19-30(28)37(31-20-9-7-18-29(31)36)33-22-12-24-35-38(33)32-21-10-11-23-34(32)39-35/h1-28H;1-24H/i1D,2D,3D,4D,5D,6D,7D,8D,9D,10D,11D,12D,13D,14D,15D,16D,17D,18D,19D,20D,21D,22D,23D,24D,25D,26D,27D,28D;1D,2D,3D,4D,5D,6D,7D,8D,9D,10D,11D,12D,13D,14D,15D,16D,17D,18D,19D,20D,21D,22D,23D,24D. The van der Waals surface area contributed by atoms with Crippen LogP contribution in [0.25, 0.3) is 175 Å². The third kappa shape index (κ3) is 7.81. The second-order valence-corrected chi connectivity index (χ2v) is 18.5. The number of hydrogen-bond donors (Lipinski definition) is 0. The lowest BCUT2D eigenvalue weighted by Crippen LogP contribution is -1.93. The predicted octanol–water partition coefficient (Wildman–Crippen LogP) is 24.1. The number of fused-ring (bicyclic) bond motifs is 12. The van der Waals surface area contributed by atoms with Crippen LogP contribution in [0.5, 0.6) is 0 Å². The molecule has 86 heavy (non-hydrogen) atoms. The van der Waals surface area contributed by atoms with Crippen molar-refractivity contribution < 1.29 is 80.1 Å². The SMILES string of the molecule is [2H]c1c([2H])c([2H])c(-c2c([2H])c([2H])c([2H])c([2H])c2-c2c3c([2H])c([2H])c([2H])c([2H])c3c(-c3c([2H])c([2H])c([2H])c4oc5c([2H])c([2H])c([2H])c([2H])c5c34)c3c([2H])c([2H])c([2H])c([2H])c23)c([2H])c1[2H].[2H]c1c([2H])c([2H])c2c(oc3c([2H])c([2H])c([2H])c(-c4c5c([2H])c([2H])c([2H])c([2H])c5c(-c5c([2H])c([2H])c(-c6c([2H])c([2H])c([2H])c7c([2H])c([2H])c([2H])c([2H])c67)c6c([2H])c([2H])c([2H])c([2H])c56)c5c([2H])c([2H])c([2H])c([2H])c45)c32)c1[2H]. The van der Waals surface area contributed by atoms with Crippen LogP contribution in [0.2, 0.25) is 0 Å². The molecule has 0 saturated carbocycles. The summed E-state index contributed by atoms with van der Waals surface area (Å²) in [6.45, 7) is 0. The van der Waals surface area contributed by atoms with E-state index in [1.54, 1.807) is 0 Å². The molecule has 0 N–H and O–H groups in total. The Morgan fingerprint density at radius 2 is 0.465 bits per heavy atom. The van der Waals surface area contributed by atoms with E-state index >= 15 is 0 Å². The molecule has 0 aliphatic heterocycles. The summed E-state index contributed by atoms with van der Waals surface area (Å²) < 4.78 is 478. The summed E-state index contributed by atoms with van der Waals surface area (Å²) in [6, 6.07) is -48.8. The van der Waals surface area contributed by atoms with E-state index in [-0.39, 0.29) is 0 Å². The van der Waals surface area contributed by atoms with Gasteiger partial charge in [0.05, 0.1) is 71.3 Å². The van der Waals surface area contributed by atoms with Gasteiger partial charge in [-0.25, -0.2) is 0 Å². The van der Waals surface area contributed by atoms with Crippen molar-refractivity contribution in [1.82, 2.24) is 0 Å². The fourth-order valence-electron chi connectivity index (χ4n) is 10.7. The second-order valence-electron chi connectivity index (χ2n) is 18.5. The molecule has 400 valence electrons. The van der Waals surface area contributed by atoms with Crippen molar-refractivity contribution in [3.8, 4) is 66.8 Å². The van der Waals surface area contributed by atoms with Crippen molar-refractivity contribution in [3.63, 3.8) is 0 Å². The van der Waals surface area contributed by atoms with Crippen LogP contribution in [0, 0.1) is 0 Å². The maximum absolute atomic E-state index is 9.92. The lowest BCUT2D eigenvalue weighted by atomic mass is 9.83. The Morgan fingerprint density at radius 3 is 0.965 bits per heavy atom. The number of furan rings is 2. The number of rotatable bonds is 6. The van der Waals surface area contributed by atoms with Crippen LogP contribution in [0.1, 0.15) is 71.3 Å². The molecule has 2 nitrogen and oxygen atoms in total. The highest BCUT2D eigenvalue weighted by atomic mass is 16.3. The van der Waals surface area contributed by atoms with E-state index < -0.39 is 489 Å². The topological polar surface area (TPSA) is 26.3 Å². The molecule has 2 aromatic heterocycles. The molecule has 18 aromatic rings. The van der Waals surface area contributed by atoms with Gasteiger partial charge < -0.3 is 8.83 Å². The van der Waals surface area contributed by atoms with Crippen molar-refractivity contribution in [2.24, 2.45) is 0 Å². The Bertz CT molecular complexity index is 8760. The number of para-hydroxylation sites is 2. The van der Waals surface area contributed by atoms with E-state index in [2.05, 4.69) is 0 Å². The highest BCUT2D eigenvalue weighted by Crippen LogP contribution is 2.51. The molecule has 16 aromatic carbocycles. The molecule has 0 amide bonds. The van der Waals surface area contributed by atoms with Crippen LogP contribution in [0.15, 0.2) is 323 Å². The fraction of sp³-hybridized carbons (Fsp3) is 0. The molecule has 0 spiro atoms. The van der Waals surface area contributed by atoms with Gasteiger partial charge in [0.2, 0.25) is 0 Å². The van der Waals surface area contributed by atoms with Gasteiger partial charge in [0.15, 0.2) is 0 Å². The molecule has 0 saturated heterocycles. The van der Waals surface area contributed by atoms with Crippen LogP contribution in [-0.4, -0.2) is 0 Å². The van der Waals surface area contributed by atoms with E-state index in [1.807, 2.05) is 0 Å². The predicted molar refractivity (Wildman–Crippen MR) is 365 cm³/mol. The van der Waals surface area contributed by atoms with Crippen LogP contribution in [-0.2, 0) is 0 Å². The Balaban J connectivity index is 0.000000194. The Hall–Kier alpha value is -11.3. The molecule has 0 unspecified atom stereocenters. The molecule has 0 aliphatic rings. The molecule has 0 bridgehead atoms. The molecular formula is C84H52O2. The van der Waals surface area contributed by atoms with Gasteiger partial charge in [0.1, 0.15) is 22.3 Å². The van der Waals surface area contributed by atoms with Gasteiger partial charge in [0.25, 0.3) is 0 Å². The highest BCUT2D eigenvalue weighted by Gasteiger charge is 2.24. The average Bonchev–Trinajstić information content (AvgIpc) is 0.920. The third-order valence-electron chi connectivity index (χ3n) is 14.1. The number of hydrogen-bond acceptors (Lipinski definition) is 2. The summed E-state index contributed by atoms with van der Waals surface area (Å²) >= 11 is 0. The van der Waals surface area contributed by atoms with E-state index in [0.29, 0.717) is 0 Å². The summed E-state index contributed by atoms with van der Waals surface area (Å²) in [5, 5.41) is -10.7. The van der Waals surface area contributed by atoms with Crippen molar-refractivity contribution in [2.75, 3.05) is 0 Å². The average molecular weight is 1150 g/mol. The van der Waals surface area contributed by atoms with Gasteiger partial charge in [-0.05, 0) is 156 Å². The molecule has 0 aliphatic carbocycles. The Labute approximate surface area is 569 Å². The lowest BCUT2D eigenvalue weighted by Gasteiger charge is -2.20. The molecule has 18 rings (SSSR count). The van der Waals surface area contributed by atoms with Crippen molar-refractivity contribution in [1.29, 1.82) is 0 Å². The largest absolute Gasteiger partial charge is 0.456 e. The van der Waals surface area contributed by atoms with E-state index in [0.717, 1.165) is 0 Å². The van der Waals surface area contributed by atoms with Crippen LogP contribution in [0.3, 0.4) is 0 Å². The zero-order chi connectivity index (χ0) is 102. The summed E-state index contributed by atoms with van der Waals surface area (Å²) in [5.74, 6) is 0. The second kappa shape index (κ2) is 20.2. The van der Waals surface area contributed by atoms with Gasteiger partial charge >= 0.3 is 0 Å². The van der Waals surface area contributed by atoms with Gasteiger partial charge in [-0.1, -0.05) is 290 Å². The zero-order valence-corrected chi connectivity index (χ0v) is 42.8. The monoisotopic (exact) mass is 1140 g/mol. The summed E-state index contributed by atoms with van der Waals surface area (Å²) in [6.07, 6.45) is 0. The minimum atomic E-state index is -1.13. The lowest BCUT2D eigenvalue weighted by molar-refractivity contribution is 0.668. The van der Waals surface area contributed by atoms with Gasteiger partial charge in [0, 0.05) is 21.5 Å². The molecule has 2 heteroatoms. The first kappa shape index (κ1) is 19.9. The van der Waals surface area contributed by atoms with Gasteiger partial charge in [-0.15, -0.1) is 0 Å². The van der Waals surface area contributed by atoms with E-state index in [1.165, 1.54) is 0 Å². The Kier molecular flexibility index (Phi) is 4.69. The molecule has 0 atom stereocenters. The summed E-state index contributed by atoms with van der Waals surface area (Å²) in [4.78, 5) is 0. The van der Waals surface area contributed by atoms with E-state index in [4.69, 9.17) is 58.2 Å². The fourth-order valence-corrected chi connectivity index (χ4v) is 10.7. The molecule has 2 heterocycles. The van der Waals surface area contributed by atoms with E-state index in [9.17, 15) is 21.9 Å². The van der Waals surface area contributed by atoms with Gasteiger partial charge in [-0.3, -0.25) is 0 Å². The van der Waals surface area contributed by atoms with Crippen molar-refractivity contribution in [2.45, 2.75) is 0 Å². The first-order valence-electron chi connectivity index (χ1n) is 51.3. The van der Waals surface area contributed by atoms with Crippen LogP contribution in [0.4, 0.5) is 0 Å². The zero-order valence-electron chi connectivity index (χ0n) is 94.8. The Morgan fingerprint density at radius 1 is 0.174 bits per heavy atom. The normalized spacial score (nSPS) is 20.2. The van der Waals surface area contributed by atoms with Crippen molar-refractivity contribution in [3.05, 3.63) is 314 Å². The maximum atomic E-state index is 9.92. The minimum Gasteiger partial charge on any atom is -0.456 e. The summed E-state index contributed by atoms with van der Waals surface area (Å²) in [7, 11) is 0.